The van der Waals surface area contributed by atoms with E-state index in [1.54, 1.807) is 11.3 Å². The second kappa shape index (κ2) is 6.99. The van der Waals surface area contributed by atoms with Gasteiger partial charge in [0.1, 0.15) is 0 Å². The second-order valence-electron chi connectivity index (χ2n) is 7.75. The van der Waals surface area contributed by atoms with Gasteiger partial charge in [-0.3, -0.25) is 4.90 Å². The lowest BCUT2D eigenvalue weighted by Crippen LogP contribution is -2.60. The molecule has 1 aromatic heterocycles. The van der Waals surface area contributed by atoms with E-state index in [4.69, 9.17) is 11.6 Å². The molecule has 1 fully saturated rings. The summed E-state index contributed by atoms with van der Waals surface area (Å²) in [7, 11) is 0. The maximum atomic E-state index is 6.09. The lowest BCUT2D eigenvalue weighted by atomic mass is 9.83. The molecule has 0 amide bonds. The molecule has 0 spiro atoms. The number of hydrogen-bond acceptors (Lipinski definition) is 3. The Kier molecular flexibility index (Phi) is 5.75. The van der Waals surface area contributed by atoms with Gasteiger partial charge < -0.3 is 5.32 Å². The SMILES string of the molecule is CC(C)CC1CN(Cc2ccc(Cl)s2)C(C(C)(C)C)CN1. The first kappa shape index (κ1) is 17.3. The Balaban J connectivity index is 2.09. The van der Waals surface area contributed by atoms with Gasteiger partial charge in [0.2, 0.25) is 0 Å². The minimum atomic E-state index is 0.289. The third-order valence-electron chi connectivity index (χ3n) is 4.24. The Bertz CT molecular complexity index is 450. The van der Waals surface area contributed by atoms with Crippen LogP contribution in [0.2, 0.25) is 4.34 Å². The quantitative estimate of drug-likeness (QED) is 0.866. The first-order chi connectivity index (χ1) is 9.75. The van der Waals surface area contributed by atoms with Crippen LogP contribution in [0.5, 0.6) is 0 Å². The number of halogens is 1. The molecule has 0 bridgehead atoms. The standard InChI is InChI=1S/C17H29ClN2S/c1-12(2)8-13-10-20(11-14-6-7-16(18)21-14)15(9-19-13)17(3,4)5/h6-7,12-13,15,19H,8-11H2,1-5H3. The number of piperazine rings is 1. The summed E-state index contributed by atoms with van der Waals surface area (Å²) in [6, 6.07) is 5.37. The van der Waals surface area contributed by atoms with Gasteiger partial charge in [0.25, 0.3) is 0 Å². The number of nitrogens with zero attached hydrogens (tertiary/aromatic N) is 1. The molecule has 0 aliphatic carbocycles. The van der Waals surface area contributed by atoms with Gasteiger partial charge in [0.05, 0.1) is 4.34 Å². The van der Waals surface area contributed by atoms with E-state index in [2.05, 4.69) is 50.9 Å². The van der Waals surface area contributed by atoms with Crippen molar-refractivity contribution in [3.63, 3.8) is 0 Å². The molecular formula is C17H29ClN2S. The molecule has 2 heterocycles. The summed E-state index contributed by atoms with van der Waals surface area (Å²) in [6.45, 7) is 14.9. The molecule has 0 radical (unpaired) electrons. The Labute approximate surface area is 138 Å². The van der Waals surface area contributed by atoms with Crippen LogP contribution in [0.3, 0.4) is 0 Å². The maximum Gasteiger partial charge on any atom is 0.0931 e. The van der Waals surface area contributed by atoms with Crippen molar-refractivity contribution in [3.05, 3.63) is 21.3 Å². The number of nitrogens with one attached hydrogen (secondary N) is 1. The van der Waals surface area contributed by atoms with Crippen LogP contribution in [-0.2, 0) is 6.54 Å². The van der Waals surface area contributed by atoms with Crippen LogP contribution in [0, 0.1) is 11.3 Å². The fourth-order valence-electron chi connectivity index (χ4n) is 3.27. The first-order valence-electron chi connectivity index (χ1n) is 7.97. The molecule has 1 saturated heterocycles. The van der Waals surface area contributed by atoms with Crippen LogP contribution in [0.25, 0.3) is 0 Å². The Hall–Kier alpha value is -0.0900. The summed E-state index contributed by atoms with van der Waals surface area (Å²) in [5.74, 6) is 0.742. The lowest BCUT2D eigenvalue weighted by Gasteiger charge is -2.46. The van der Waals surface area contributed by atoms with E-state index in [-0.39, 0.29) is 5.41 Å². The van der Waals surface area contributed by atoms with E-state index < -0.39 is 0 Å². The third kappa shape index (κ3) is 4.95. The molecule has 1 aromatic rings. The molecule has 21 heavy (non-hydrogen) atoms. The van der Waals surface area contributed by atoms with Crippen LogP contribution >= 0.6 is 22.9 Å². The van der Waals surface area contributed by atoms with E-state index in [1.165, 1.54) is 11.3 Å². The third-order valence-corrected chi connectivity index (χ3v) is 5.45. The minimum absolute atomic E-state index is 0.289. The van der Waals surface area contributed by atoms with Crippen molar-refractivity contribution in [3.8, 4) is 0 Å². The van der Waals surface area contributed by atoms with Gasteiger partial charge in [-0.05, 0) is 29.9 Å². The topological polar surface area (TPSA) is 15.3 Å². The van der Waals surface area contributed by atoms with Crippen molar-refractivity contribution < 1.29 is 0 Å². The highest BCUT2D eigenvalue weighted by Crippen LogP contribution is 2.30. The smallest absolute Gasteiger partial charge is 0.0931 e. The molecule has 0 aromatic carbocycles. The summed E-state index contributed by atoms with van der Waals surface area (Å²) in [5, 5.41) is 3.76. The van der Waals surface area contributed by atoms with Crippen LogP contribution in [-0.4, -0.2) is 30.1 Å². The van der Waals surface area contributed by atoms with Gasteiger partial charge >= 0.3 is 0 Å². The highest BCUT2D eigenvalue weighted by molar-refractivity contribution is 7.16. The zero-order valence-corrected chi connectivity index (χ0v) is 15.5. The van der Waals surface area contributed by atoms with Crippen LogP contribution in [0.4, 0.5) is 0 Å². The monoisotopic (exact) mass is 328 g/mol. The fraction of sp³-hybridized carbons (Fsp3) is 0.765. The van der Waals surface area contributed by atoms with Gasteiger partial charge in [-0.2, -0.15) is 0 Å². The predicted octanol–water partition coefficient (Wildman–Crippen LogP) is 4.64. The molecule has 120 valence electrons. The first-order valence-corrected chi connectivity index (χ1v) is 9.17. The van der Waals surface area contributed by atoms with E-state index >= 15 is 0 Å². The average molecular weight is 329 g/mol. The second-order valence-corrected chi connectivity index (χ2v) is 9.55. The van der Waals surface area contributed by atoms with E-state index in [1.807, 2.05) is 6.07 Å². The molecule has 1 N–H and O–H groups in total. The maximum absolute atomic E-state index is 6.09. The van der Waals surface area contributed by atoms with Crippen molar-refractivity contribution in [1.82, 2.24) is 10.2 Å². The number of hydrogen-bond donors (Lipinski definition) is 1. The van der Waals surface area contributed by atoms with Gasteiger partial charge in [-0.1, -0.05) is 46.2 Å². The Morgan fingerprint density at radius 3 is 2.62 bits per heavy atom. The molecule has 1 aliphatic heterocycles. The van der Waals surface area contributed by atoms with Gasteiger partial charge in [0.15, 0.2) is 0 Å². The minimum Gasteiger partial charge on any atom is -0.311 e. The normalized spacial score (nSPS) is 24.7. The van der Waals surface area contributed by atoms with Gasteiger partial charge in [0, 0.05) is 36.6 Å². The van der Waals surface area contributed by atoms with Crippen molar-refractivity contribution in [2.45, 2.75) is 59.7 Å². The summed E-state index contributed by atoms with van der Waals surface area (Å²) in [4.78, 5) is 4.03. The van der Waals surface area contributed by atoms with Gasteiger partial charge in [-0.15, -0.1) is 11.3 Å². The molecular weight excluding hydrogens is 300 g/mol. The van der Waals surface area contributed by atoms with Crippen molar-refractivity contribution >= 4 is 22.9 Å². The summed E-state index contributed by atoms with van der Waals surface area (Å²) >= 11 is 7.80. The zero-order chi connectivity index (χ0) is 15.6. The zero-order valence-electron chi connectivity index (χ0n) is 13.9. The molecule has 1 aliphatic rings. The van der Waals surface area contributed by atoms with Crippen LogP contribution in [0.15, 0.2) is 12.1 Å². The largest absolute Gasteiger partial charge is 0.311 e. The van der Waals surface area contributed by atoms with Gasteiger partial charge in [-0.25, -0.2) is 0 Å². The summed E-state index contributed by atoms with van der Waals surface area (Å²) in [5.41, 5.74) is 0.289. The van der Waals surface area contributed by atoms with Crippen molar-refractivity contribution in [1.29, 1.82) is 0 Å². The molecule has 2 rings (SSSR count). The molecule has 2 nitrogen and oxygen atoms in total. The van der Waals surface area contributed by atoms with Crippen molar-refractivity contribution in [2.24, 2.45) is 11.3 Å². The highest BCUT2D eigenvalue weighted by atomic mass is 35.5. The summed E-state index contributed by atoms with van der Waals surface area (Å²) < 4.78 is 0.895. The Morgan fingerprint density at radius 2 is 2.10 bits per heavy atom. The van der Waals surface area contributed by atoms with Crippen LogP contribution in [0.1, 0.15) is 45.9 Å². The lowest BCUT2D eigenvalue weighted by molar-refractivity contribution is 0.0460. The molecule has 4 heteroatoms. The summed E-state index contributed by atoms with van der Waals surface area (Å²) in [6.07, 6.45) is 1.25. The Morgan fingerprint density at radius 1 is 1.38 bits per heavy atom. The van der Waals surface area contributed by atoms with E-state index in [0.717, 1.165) is 29.9 Å². The van der Waals surface area contributed by atoms with Crippen LogP contribution < -0.4 is 5.32 Å². The molecule has 2 unspecified atom stereocenters. The fourth-order valence-corrected chi connectivity index (χ4v) is 4.39. The van der Waals surface area contributed by atoms with E-state index in [9.17, 15) is 0 Å². The number of thiophene rings is 1. The predicted molar refractivity (Wildman–Crippen MR) is 94.2 cm³/mol. The van der Waals surface area contributed by atoms with E-state index in [0.29, 0.717) is 12.1 Å². The van der Waals surface area contributed by atoms with Crippen molar-refractivity contribution in [2.75, 3.05) is 13.1 Å². The number of rotatable bonds is 4. The molecule has 2 atom stereocenters. The highest BCUT2D eigenvalue weighted by Gasteiger charge is 2.35. The molecule has 0 saturated carbocycles. The average Bonchev–Trinajstić information content (AvgIpc) is 2.72.